The number of rotatable bonds is 1. The topological polar surface area (TPSA) is 52.9 Å². The number of amides is 1. The molecule has 1 amide bonds. The number of carbonyl (C=O) groups is 1. The van der Waals surface area contributed by atoms with Gasteiger partial charge in [-0.25, -0.2) is 0 Å². The van der Waals surface area contributed by atoms with Crippen LogP contribution in [0.4, 0.5) is 0 Å². The Balaban J connectivity index is 2.29. The molecule has 0 fully saturated rings. The van der Waals surface area contributed by atoms with Crippen molar-refractivity contribution in [1.82, 2.24) is 5.01 Å². The highest BCUT2D eigenvalue weighted by atomic mass is 79.9. The van der Waals surface area contributed by atoms with E-state index in [2.05, 4.69) is 21.0 Å². The molecule has 1 atom stereocenters. The molecule has 0 radical (unpaired) electrons. The number of aliphatic hydroxyl groups is 1. The molecule has 0 aliphatic carbocycles. The fraction of sp³-hybridized carbons (Fsp3) is 0.333. The van der Waals surface area contributed by atoms with Gasteiger partial charge in [0.2, 0.25) is 0 Å². The summed E-state index contributed by atoms with van der Waals surface area (Å²) in [5.74, 6) is -0.292. The molecule has 5 heteroatoms. The SMILES string of the molecule is CC1=NN(C(=O)c2ccc(Br)cc2)[C@](C)(O)C1. The number of halogens is 1. The minimum atomic E-state index is -1.23. The molecule has 1 aliphatic rings. The summed E-state index contributed by atoms with van der Waals surface area (Å²) >= 11 is 3.31. The lowest BCUT2D eigenvalue weighted by Crippen LogP contribution is -2.43. The maximum Gasteiger partial charge on any atom is 0.276 e. The van der Waals surface area contributed by atoms with Gasteiger partial charge in [-0.05, 0) is 38.1 Å². The van der Waals surface area contributed by atoms with E-state index in [9.17, 15) is 9.90 Å². The van der Waals surface area contributed by atoms with Gasteiger partial charge in [0.15, 0.2) is 5.72 Å². The van der Waals surface area contributed by atoms with Crippen LogP contribution in [0.3, 0.4) is 0 Å². The Morgan fingerprint density at radius 2 is 2.06 bits per heavy atom. The Morgan fingerprint density at radius 3 is 2.53 bits per heavy atom. The minimum absolute atomic E-state index is 0.292. The second-order valence-corrected chi connectivity index (χ2v) is 5.27. The molecule has 4 nitrogen and oxygen atoms in total. The maximum absolute atomic E-state index is 12.2. The van der Waals surface area contributed by atoms with Crippen LogP contribution in [0, 0.1) is 0 Å². The van der Waals surface area contributed by atoms with Gasteiger partial charge in [-0.2, -0.15) is 10.1 Å². The van der Waals surface area contributed by atoms with Gasteiger partial charge in [-0.1, -0.05) is 15.9 Å². The summed E-state index contributed by atoms with van der Waals surface area (Å²) in [4.78, 5) is 12.2. The van der Waals surface area contributed by atoms with Crippen LogP contribution in [-0.4, -0.2) is 27.5 Å². The summed E-state index contributed by atoms with van der Waals surface area (Å²) in [7, 11) is 0. The summed E-state index contributed by atoms with van der Waals surface area (Å²) in [6.07, 6.45) is 0.384. The lowest BCUT2D eigenvalue weighted by molar-refractivity contribution is -0.0553. The molecule has 0 saturated heterocycles. The molecule has 0 aromatic heterocycles. The highest BCUT2D eigenvalue weighted by molar-refractivity contribution is 9.10. The van der Waals surface area contributed by atoms with Crippen molar-refractivity contribution in [3.63, 3.8) is 0 Å². The predicted octanol–water partition coefficient (Wildman–Crippen LogP) is 2.38. The molecule has 2 rings (SSSR count). The molecule has 1 aromatic rings. The van der Waals surface area contributed by atoms with Crippen molar-refractivity contribution in [2.75, 3.05) is 0 Å². The van der Waals surface area contributed by atoms with Gasteiger partial charge in [0.1, 0.15) is 0 Å². The molecule has 1 heterocycles. The smallest absolute Gasteiger partial charge is 0.276 e. The zero-order valence-electron chi connectivity index (χ0n) is 9.64. The molecule has 0 bridgehead atoms. The van der Waals surface area contributed by atoms with Crippen molar-refractivity contribution in [3.8, 4) is 0 Å². The third-order valence-corrected chi connectivity index (χ3v) is 3.13. The van der Waals surface area contributed by atoms with Crippen LogP contribution < -0.4 is 0 Å². The quantitative estimate of drug-likeness (QED) is 0.865. The Hall–Kier alpha value is -1.20. The van der Waals surface area contributed by atoms with Crippen molar-refractivity contribution in [2.45, 2.75) is 26.0 Å². The van der Waals surface area contributed by atoms with Gasteiger partial charge >= 0.3 is 0 Å². The van der Waals surface area contributed by atoms with Crippen molar-refractivity contribution in [3.05, 3.63) is 34.3 Å². The lowest BCUT2D eigenvalue weighted by Gasteiger charge is -2.26. The number of hydrazone groups is 1. The van der Waals surface area contributed by atoms with Crippen LogP contribution in [0.25, 0.3) is 0 Å². The van der Waals surface area contributed by atoms with E-state index in [1.165, 1.54) is 0 Å². The zero-order valence-corrected chi connectivity index (χ0v) is 11.2. The molecule has 17 heavy (non-hydrogen) atoms. The zero-order chi connectivity index (χ0) is 12.6. The van der Waals surface area contributed by atoms with Crippen molar-refractivity contribution >= 4 is 27.5 Å². The molecular formula is C12H13BrN2O2. The van der Waals surface area contributed by atoms with Gasteiger partial charge < -0.3 is 5.11 Å². The summed E-state index contributed by atoms with van der Waals surface area (Å²) < 4.78 is 0.905. The lowest BCUT2D eigenvalue weighted by atomic mass is 10.1. The fourth-order valence-electron chi connectivity index (χ4n) is 1.85. The van der Waals surface area contributed by atoms with E-state index in [-0.39, 0.29) is 5.91 Å². The van der Waals surface area contributed by atoms with Gasteiger partial charge in [0.05, 0.1) is 0 Å². The molecular weight excluding hydrogens is 284 g/mol. The number of hydrogen-bond acceptors (Lipinski definition) is 3. The van der Waals surface area contributed by atoms with Gasteiger partial charge in [0, 0.05) is 22.2 Å². The van der Waals surface area contributed by atoms with Crippen LogP contribution in [0.2, 0.25) is 0 Å². The maximum atomic E-state index is 12.2. The molecule has 1 aromatic carbocycles. The first kappa shape index (κ1) is 12.3. The van der Waals surface area contributed by atoms with Crippen LogP contribution in [0.1, 0.15) is 30.6 Å². The number of nitrogens with zero attached hydrogens (tertiary/aromatic N) is 2. The monoisotopic (exact) mass is 296 g/mol. The summed E-state index contributed by atoms with van der Waals surface area (Å²) in [6.45, 7) is 3.38. The Morgan fingerprint density at radius 1 is 1.47 bits per heavy atom. The Bertz CT molecular complexity index is 480. The van der Waals surface area contributed by atoms with Gasteiger partial charge in [0.25, 0.3) is 5.91 Å². The third kappa shape index (κ3) is 2.40. The average molecular weight is 297 g/mol. The van der Waals surface area contributed by atoms with Crippen molar-refractivity contribution in [2.24, 2.45) is 5.10 Å². The first-order chi connectivity index (χ1) is 7.90. The number of carbonyl (C=O) groups excluding carboxylic acids is 1. The molecule has 90 valence electrons. The Labute approximate surface area is 108 Å². The van der Waals surface area contributed by atoms with E-state index in [1.54, 1.807) is 38.1 Å². The van der Waals surface area contributed by atoms with Crippen molar-refractivity contribution in [1.29, 1.82) is 0 Å². The first-order valence-corrected chi connectivity index (χ1v) is 6.06. The molecule has 1 aliphatic heterocycles. The van der Waals surface area contributed by atoms with E-state index >= 15 is 0 Å². The first-order valence-electron chi connectivity index (χ1n) is 5.27. The average Bonchev–Trinajstić information content (AvgIpc) is 2.52. The fourth-order valence-corrected chi connectivity index (χ4v) is 2.12. The predicted molar refractivity (Wildman–Crippen MR) is 68.7 cm³/mol. The minimum Gasteiger partial charge on any atom is -0.369 e. The van der Waals surface area contributed by atoms with E-state index in [0.717, 1.165) is 15.2 Å². The van der Waals surface area contributed by atoms with E-state index in [0.29, 0.717) is 12.0 Å². The number of hydrogen-bond donors (Lipinski definition) is 1. The summed E-state index contributed by atoms with van der Waals surface area (Å²) in [5, 5.41) is 15.3. The Kier molecular flexibility index (Phi) is 3.05. The molecule has 0 saturated carbocycles. The third-order valence-electron chi connectivity index (χ3n) is 2.60. The summed E-state index contributed by atoms with van der Waals surface area (Å²) in [5.41, 5.74) is 0.0289. The normalized spacial score (nSPS) is 23.8. The van der Waals surface area contributed by atoms with Crippen LogP contribution in [0.5, 0.6) is 0 Å². The van der Waals surface area contributed by atoms with Crippen LogP contribution >= 0.6 is 15.9 Å². The highest BCUT2D eigenvalue weighted by Crippen LogP contribution is 2.26. The molecule has 0 spiro atoms. The van der Waals surface area contributed by atoms with Crippen molar-refractivity contribution < 1.29 is 9.90 Å². The second kappa shape index (κ2) is 4.23. The second-order valence-electron chi connectivity index (χ2n) is 4.35. The van der Waals surface area contributed by atoms with Crippen LogP contribution in [-0.2, 0) is 0 Å². The highest BCUT2D eigenvalue weighted by Gasteiger charge is 2.39. The standard InChI is InChI=1S/C12H13BrN2O2/c1-8-7-12(2,17)15(14-8)11(16)9-3-5-10(13)6-4-9/h3-6,17H,7H2,1-2H3/t12-/m1/s1. The number of benzene rings is 1. The largest absolute Gasteiger partial charge is 0.369 e. The van der Waals surface area contributed by atoms with Gasteiger partial charge in [-0.3, -0.25) is 4.79 Å². The van der Waals surface area contributed by atoms with E-state index in [4.69, 9.17) is 0 Å². The summed E-state index contributed by atoms with van der Waals surface area (Å²) in [6, 6.07) is 6.97. The van der Waals surface area contributed by atoms with Gasteiger partial charge in [-0.15, -0.1) is 0 Å². The van der Waals surface area contributed by atoms with Crippen LogP contribution in [0.15, 0.2) is 33.8 Å². The van der Waals surface area contributed by atoms with E-state index < -0.39 is 5.72 Å². The molecule has 0 unspecified atom stereocenters. The van der Waals surface area contributed by atoms with E-state index in [1.807, 2.05) is 0 Å². The molecule has 1 N–H and O–H groups in total.